The second kappa shape index (κ2) is 11.3. The van der Waals surface area contributed by atoms with E-state index >= 15 is 0 Å². The molecule has 6 nitrogen and oxygen atoms in total. The molecule has 2 aromatic rings. The highest BCUT2D eigenvalue weighted by Crippen LogP contribution is 2.25. The molecule has 1 aliphatic rings. The molecule has 29 heavy (non-hydrogen) atoms. The van der Waals surface area contributed by atoms with Gasteiger partial charge in [-0.1, -0.05) is 30.3 Å². The molecule has 0 aliphatic carbocycles. The molecular weight excluding hydrogens is 382 g/mol. The van der Waals surface area contributed by atoms with E-state index < -0.39 is 0 Å². The monoisotopic (exact) mass is 415 g/mol. The molecule has 0 saturated carbocycles. The summed E-state index contributed by atoms with van der Waals surface area (Å²) in [6, 6.07) is 13.4. The number of aliphatic imine (C=N–C) groups is 1. The zero-order chi connectivity index (χ0) is 20.5. The highest BCUT2D eigenvalue weighted by Gasteiger charge is 2.23. The largest absolute Gasteiger partial charge is 0.379 e. The number of hydrogen-bond donors (Lipinski definition) is 2. The Hall–Kier alpha value is -1.93. The van der Waals surface area contributed by atoms with Crippen LogP contribution < -0.4 is 10.6 Å². The third-order valence-electron chi connectivity index (χ3n) is 5.03. The molecule has 3 rings (SSSR count). The second-order valence-corrected chi connectivity index (χ2v) is 8.52. The van der Waals surface area contributed by atoms with Crippen LogP contribution in [0.25, 0.3) is 0 Å². The zero-order valence-electron chi connectivity index (χ0n) is 17.7. The average molecular weight is 416 g/mol. The Morgan fingerprint density at radius 3 is 2.48 bits per heavy atom. The van der Waals surface area contributed by atoms with Gasteiger partial charge in [0.05, 0.1) is 19.3 Å². The predicted molar refractivity (Wildman–Crippen MR) is 121 cm³/mol. The van der Waals surface area contributed by atoms with Crippen molar-refractivity contribution in [1.82, 2.24) is 20.4 Å². The summed E-state index contributed by atoms with van der Waals surface area (Å²) in [5, 5.41) is 9.11. The maximum Gasteiger partial charge on any atom is 0.191 e. The fourth-order valence-electron chi connectivity index (χ4n) is 3.51. The van der Waals surface area contributed by atoms with Crippen LogP contribution in [0.15, 0.2) is 46.8 Å². The summed E-state index contributed by atoms with van der Waals surface area (Å²) >= 11 is 1.81. The van der Waals surface area contributed by atoms with Gasteiger partial charge in [0.2, 0.25) is 0 Å². The number of guanidine groups is 1. The fourth-order valence-corrected chi connectivity index (χ4v) is 4.37. The van der Waals surface area contributed by atoms with E-state index in [9.17, 15) is 0 Å². The van der Waals surface area contributed by atoms with Crippen molar-refractivity contribution >= 4 is 17.3 Å². The third kappa shape index (κ3) is 6.82. The molecular formula is C22H33N5OS. The molecule has 0 spiro atoms. The van der Waals surface area contributed by atoms with Gasteiger partial charge in [-0.3, -0.25) is 9.89 Å². The van der Waals surface area contributed by atoms with E-state index in [1.165, 1.54) is 16.0 Å². The number of nitrogens with one attached hydrogen (secondary N) is 2. The van der Waals surface area contributed by atoms with Crippen molar-refractivity contribution in [2.24, 2.45) is 4.99 Å². The summed E-state index contributed by atoms with van der Waals surface area (Å²) in [4.78, 5) is 10.5. The first-order valence-corrected chi connectivity index (χ1v) is 11.1. The number of benzene rings is 1. The first-order chi connectivity index (χ1) is 14.2. The Labute approximate surface area is 178 Å². The van der Waals surface area contributed by atoms with Crippen molar-refractivity contribution in [2.45, 2.75) is 19.1 Å². The van der Waals surface area contributed by atoms with Crippen molar-refractivity contribution in [1.29, 1.82) is 0 Å². The fraction of sp³-hybridized carbons (Fsp3) is 0.500. The molecule has 0 radical (unpaired) electrons. The summed E-state index contributed by atoms with van der Waals surface area (Å²) in [6.07, 6.45) is 0. The van der Waals surface area contributed by atoms with Gasteiger partial charge in [0.1, 0.15) is 0 Å². The summed E-state index contributed by atoms with van der Waals surface area (Å²) in [5.74, 6) is 0.831. The highest BCUT2D eigenvalue weighted by molar-refractivity contribution is 7.10. The minimum atomic E-state index is 0.336. The molecule has 0 amide bonds. The van der Waals surface area contributed by atoms with E-state index in [1.807, 2.05) is 18.4 Å². The number of nitrogens with zero attached hydrogens (tertiary/aromatic N) is 3. The van der Waals surface area contributed by atoms with Gasteiger partial charge in [-0.25, -0.2) is 0 Å². The normalized spacial score (nSPS) is 16.8. The highest BCUT2D eigenvalue weighted by atomic mass is 32.1. The van der Waals surface area contributed by atoms with Gasteiger partial charge in [-0.2, -0.15) is 0 Å². The molecule has 1 atom stereocenters. The van der Waals surface area contributed by atoms with Crippen molar-refractivity contribution in [3.8, 4) is 0 Å². The quantitative estimate of drug-likeness (QED) is 0.513. The predicted octanol–water partition coefficient (Wildman–Crippen LogP) is 2.55. The van der Waals surface area contributed by atoms with Crippen LogP contribution in [-0.2, 0) is 17.8 Å². The van der Waals surface area contributed by atoms with Crippen molar-refractivity contribution < 1.29 is 4.74 Å². The van der Waals surface area contributed by atoms with Crippen LogP contribution in [0.1, 0.15) is 22.0 Å². The van der Waals surface area contributed by atoms with E-state index in [2.05, 4.69) is 81.3 Å². The average Bonchev–Trinajstić information content (AvgIpc) is 3.26. The number of morpholine rings is 1. The molecule has 7 heteroatoms. The molecule has 0 bridgehead atoms. The standard InChI is InChI=1S/C22H33N5OS/c1-23-22(24-15-18-6-8-19(9-7-18)17-26(2)3)25-16-20(21-5-4-14-29-21)27-10-12-28-13-11-27/h4-9,14,20H,10-13,15-17H2,1-3H3,(H2,23,24,25). The molecule has 1 aromatic carbocycles. The van der Waals surface area contributed by atoms with Crippen LogP contribution in [0.4, 0.5) is 0 Å². The van der Waals surface area contributed by atoms with Crippen molar-refractivity contribution in [3.63, 3.8) is 0 Å². The summed E-state index contributed by atoms with van der Waals surface area (Å²) in [5.41, 5.74) is 2.57. The summed E-state index contributed by atoms with van der Waals surface area (Å²) in [7, 11) is 6.00. The van der Waals surface area contributed by atoms with E-state index in [-0.39, 0.29) is 0 Å². The van der Waals surface area contributed by atoms with Gasteiger partial charge in [0.25, 0.3) is 0 Å². The molecule has 1 saturated heterocycles. The van der Waals surface area contributed by atoms with Gasteiger partial charge < -0.3 is 20.3 Å². The first-order valence-electron chi connectivity index (χ1n) is 10.2. The zero-order valence-corrected chi connectivity index (χ0v) is 18.5. The Bertz CT molecular complexity index is 739. The lowest BCUT2D eigenvalue weighted by molar-refractivity contribution is 0.0177. The van der Waals surface area contributed by atoms with Crippen LogP contribution in [0, 0.1) is 0 Å². The van der Waals surface area contributed by atoms with Gasteiger partial charge in [-0.15, -0.1) is 11.3 Å². The maximum atomic E-state index is 5.53. The van der Waals surface area contributed by atoms with Crippen molar-refractivity contribution in [2.75, 3.05) is 54.0 Å². The Morgan fingerprint density at radius 1 is 1.14 bits per heavy atom. The van der Waals surface area contributed by atoms with Gasteiger partial charge >= 0.3 is 0 Å². The summed E-state index contributed by atoms with van der Waals surface area (Å²) < 4.78 is 5.53. The minimum Gasteiger partial charge on any atom is -0.379 e. The molecule has 1 fully saturated rings. The molecule has 1 unspecified atom stereocenters. The third-order valence-corrected chi connectivity index (χ3v) is 6.00. The maximum absolute atomic E-state index is 5.53. The van der Waals surface area contributed by atoms with Gasteiger partial charge in [0.15, 0.2) is 5.96 Å². The van der Waals surface area contributed by atoms with Crippen molar-refractivity contribution in [3.05, 3.63) is 57.8 Å². The molecule has 1 aromatic heterocycles. The van der Waals surface area contributed by atoms with E-state index in [1.54, 1.807) is 0 Å². The lowest BCUT2D eigenvalue weighted by Crippen LogP contribution is -2.46. The summed E-state index contributed by atoms with van der Waals surface area (Å²) in [6.45, 7) is 6.08. The lowest BCUT2D eigenvalue weighted by atomic mass is 10.1. The number of ether oxygens (including phenoxy) is 1. The molecule has 1 aliphatic heterocycles. The van der Waals surface area contributed by atoms with Crippen LogP contribution in [-0.4, -0.2) is 69.8 Å². The Morgan fingerprint density at radius 2 is 1.86 bits per heavy atom. The van der Waals surface area contributed by atoms with E-state index in [0.717, 1.165) is 51.9 Å². The van der Waals surface area contributed by atoms with Crippen LogP contribution in [0.3, 0.4) is 0 Å². The lowest BCUT2D eigenvalue weighted by Gasteiger charge is -2.34. The topological polar surface area (TPSA) is 52.1 Å². The molecule has 2 heterocycles. The van der Waals surface area contributed by atoms with Crippen LogP contribution in [0.2, 0.25) is 0 Å². The van der Waals surface area contributed by atoms with E-state index in [4.69, 9.17) is 4.74 Å². The number of rotatable bonds is 8. The minimum absolute atomic E-state index is 0.336. The number of thiophene rings is 1. The van der Waals surface area contributed by atoms with Gasteiger partial charge in [-0.05, 0) is 36.7 Å². The Kier molecular flexibility index (Phi) is 8.49. The molecule has 158 valence electrons. The smallest absolute Gasteiger partial charge is 0.191 e. The number of hydrogen-bond acceptors (Lipinski definition) is 5. The van der Waals surface area contributed by atoms with Crippen LogP contribution >= 0.6 is 11.3 Å². The van der Waals surface area contributed by atoms with E-state index in [0.29, 0.717) is 6.04 Å². The molecule has 2 N–H and O–H groups in total. The first kappa shape index (κ1) is 21.8. The SMILES string of the molecule is CN=C(NCc1ccc(CN(C)C)cc1)NCC(c1cccs1)N1CCOCC1. The Balaban J connectivity index is 1.53. The van der Waals surface area contributed by atoms with Crippen LogP contribution in [0.5, 0.6) is 0 Å². The van der Waals surface area contributed by atoms with Gasteiger partial charge in [0, 0.05) is 44.6 Å². The second-order valence-electron chi connectivity index (χ2n) is 7.54.